The lowest BCUT2D eigenvalue weighted by atomic mass is 10.1. The first-order valence-corrected chi connectivity index (χ1v) is 10.4. The quantitative estimate of drug-likeness (QED) is 0.283. The molecule has 3 aromatic carbocycles. The van der Waals surface area contributed by atoms with Crippen molar-refractivity contribution >= 4 is 30.0 Å². The molecule has 164 valence electrons. The van der Waals surface area contributed by atoms with E-state index < -0.39 is 11.9 Å². The lowest BCUT2D eigenvalue weighted by molar-refractivity contribution is -0.129. The summed E-state index contributed by atoms with van der Waals surface area (Å²) in [7, 11) is 0. The Morgan fingerprint density at radius 1 is 0.909 bits per heavy atom. The fourth-order valence-electron chi connectivity index (χ4n) is 3.09. The molecule has 0 atom stereocenters. The minimum atomic E-state index is -0.541. The minimum absolute atomic E-state index is 0.166. The Bertz CT molecular complexity index is 1240. The van der Waals surface area contributed by atoms with Gasteiger partial charge in [0, 0.05) is 6.08 Å². The number of hydrogen-bond acceptors (Lipinski definition) is 6. The summed E-state index contributed by atoms with van der Waals surface area (Å²) in [6.07, 6.45) is 5.06. The molecule has 3 aromatic rings. The summed E-state index contributed by atoms with van der Waals surface area (Å²) in [5.41, 5.74) is 2.22. The van der Waals surface area contributed by atoms with Gasteiger partial charge in [-0.15, -0.1) is 0 Å². The van der Waals surface area contributed by atoms with Gasteiger partial charge in [0.25, 0.3) is 0 Å². The summed E-state index contributed by atoms with van der Waals surface area (Å²) in [4.78, 5) is 28.9. The highest BCUT2D eigenvalue weighted by atomic mass is 16.6. The van der Waals surface area contributed by atoms with Gasteiger partial charge in [0.2, 0.25) is 5.90 Å². The Kier molecular flexibility index (Phi) is 6.75. The maximum Gasteiger partial charge on any atom is 0.363 e. The summed E-state index contributed by atoms with van der Waals surface area (Å²) in [6, 6.07) is 23.4. The summed E-state index contributed by atoms with van der Waals surface area (Å²) < 4.78 is 16.4. The van der Waals surface area contributed by atoms with E-state index in [0.717, 1.165) is 5.56 Å². The van der Waals surface area contributed by atoms with Crippen molar-refractivity contribution in [3.05, 3.63) is 107 Å². The van der Waals surface area contributed by atoms with E-state index in [0.29, 0.717) is 23.5 Å². The van der Waals surface area contributed by atoms with E-state index >= 15 is 0 Å². The molecular formula is C27H21NO5. The van der Waals surface area contributed by atoms with Gasteiger partial charge in [-0.05, 0) is 54.5 Å². The SMILES string of the molecule is CCOc1cc(/C=C2N=C(/C=C/c3ccccc3)OC/2=O)ccc1OC(=O)c1ccccc1. The molecule has 6 heteroatoms. The molecule has 6 nitrogen and oxygen atoms in total. The number of nitrogens with zero attached hydrogens (tertiary/aromatic N) is 1. The maximum absolute atomic E-state index is 12.4. The number of carbonyl (C=O) groups is 2. The molecule has 0 spiro atoms. The monoisotopic (exact) mass is 439 g/mol. The van der Waals surface area contributed by atoms with Crippen molar-refractivity contribution in [1.82, 2.24) is 0 Å². The van der Waals surface area contributed by atoms with Gasteiger partial charge in [-0.3, -0.25) is 0 Å². The minimum Gasteiger partial charge on any atom is -0.490 e. The standard InChI is InChI=1S/C27H21NO5/c1-2-31-24-18-20(13-15-23(24)32-26(29)21-11-7-4-8-12-21)17-22-27(30)33-25(28-22)16-14-19-9-5-3-6-10-19/h3-18H,2H2,1H3/b16-14+,22-17+. The van der Waals surface area contributed by atoms with Gasteiger partial charge < -0.3 is 14.2 Å². The summed E-state index contributed by atoms with van der Waals surface area (Å²) in [5.74, 6) is -0.136. The largest absolute Gasteiger partial charge is 0.490 e. The Morgan fingerprint density at radius 3 is 2.36 bits per heavy atom. The second-order valence-corrected chi connectivity index (χ2v) is 7.01. The molecule has 1 heterocycles. The third kappa shape index (κ3) is 5.62. The molecule has 0 radical (unpaired) electrons. The average Bonchev–Trinajstić information content (AvgIpc) is 3.19. The first-order valence-electron chi connectivity index (χ1n) is 10.4. The predicted molar refractivity (Wildman–Crippen MR) is 126 cm³/mol. The number of cyclic esters (lactones) is 1. The van der Waals surface area contributed by atoms with E-state index in [2.05, 4.69) is 4.99 Å². The fourth-order valence-corrected chi connectivity index (χ4v) is 3.09. The Morgan fingerprint density at radius 2 is 1.64 bits per heavy atom. The maximum atomic E-state index is 12.4. The van der Waals surface area contributed by atoms with Crippen LogP contribution in [0.15, 0.2) is 95.6 Å². The van der Waals surface area contributed by atoms with Crippen molar-refractivity contribution < 1.29 is 23.8 Å². The van der Waals surface area contributed by atoms with Crippen molar-refractivity contribution in [1.29, 1.82) is 0 Å². The van der Waals surface area contributed by atoms with Crippen LogP contribution >= 0.6 is 0 Å². The molecule has 0 saturated carbocycles. The van der Waals surface area contributed by atoms with Gasteiger partial charge in [-0.1, -0.05) is 54.6 Å². The smallest absolute Gasteiger partial charge is 0.363 e. The number of carbonyl (C=O) groups excluding carboxylic acids is 2. The molecule has 0 bridgehead atoms. The molecule has 33 heavy (non-hydrogen) atoms. The molecule has 0 amide bonds. The average molecular weight is 439 g/mol. The summed E-state index contributed by atoms with van der Waals surface area (Å²) >= 11 is 0. The van der Waals surface area contributed by atoms with Crippen LogP contribution in [0.1, 0.15) is 28.4 Å². The van der Waals surface area contributed by atoms with Crippen LogP contribution in [0, 0.1) is 0 Å². The summed E-state index contributed by atoms with van der Waals surface area (Å²) in [5, 5.41) is 0. The van der Waals surface area contributed by atoms with Crippen LogP contribution in [0.5, 0.6) is 11.5 Å². The summed E-state index contributed by atoms with van der Waals surface area (Å²) in [6.45, 7) is 2.21. The zero-order valence-electron chi connectivity index (χ0n) is 17.9. The third-order valence-electron chi connectivity index (χ3n) is 4.64. The lowest BCUT2D eigenvalue weighted by Gasteiger charge is -2.11. The molecular weight excluding hydrogens is 418 g/mol. The Hall–Kier alpha value is -4.45. The number of hydrogen-bond donors (Lipinski definition) is 0. The van der Waals surface area contributed by atoms with Gasteiger partial charge in [-0.25, -0.2) is 14.6 Å². The van der Waals surface area contributed by atoms with Crippen LogP contribution in [0.4, 0.5) is 0 Å². The van der Waals surface area contributed by atoms with Crippen molar-refractivity contribution in [3.8, 4) is 11.5 Å². The van der Waals surface area contributed by atoms with E-state index in [1.807, 2.05) is 49.4 Å². The van der Waals surface area contributed by atoms with E-state index in [1.54, 1.807) is 54.6 Å². The van der Waals surface area contributed by atoms with Gasteiger partial charge in [0.1, 0.15) is 0 Å². The van der Waals surface area contributed by atoms with Crippen molar-refractivity contribution in [2.45, 2.75) is 6.92 Å². The molecule has 4 rings (SSSR count). The van der Waals surface area contributed by atoms with Crippen LogP contribution in [0.3, 0.4) is 0 Å². The highest BCUT2D eigenvalue weighted by Crippen LogP contribution is 2.30. The van der Waals surface area contributed by atoms with Gasteiger partial charge in [0.15, 0.2) is 17.2 Å². The number of ether oxygens (including phenoxy) is 3. The lowest BCUT2D eigenvalue weighted by Crippen LogP contribution is -2.09. The van der Waals surface area contributed by atoms with Crippen molar-refractivity contribution in [3.63, 3.8) is 0 Å². The molecule has 1 aliphatic rings. The Balaban J connectivity index is 1.54. The second-order valence-electron chi connectivity index (χ2n) is 7.01. The van der Waals surface area contributed by atoms with Crippen LogP contribution in [0.2, 0.25) is 0 Å². The zero-order valence-corrected chi connectivity index (χ0v) is 17.9. The van der Waals surface area contributed by atoms with Gasteiger partial charge >= 0.3 is 11.9 Å². The van der Waals surface area contributed by atoms with Gasteiger partial charge in [0.05, 0.1) is 12.2 Å². The van der Waals surface area contributed by atoms with E-state index in [1.165, 1.54) is 0 Å². The molecule has 0 aliphatic carbocycles. The van der Waals surface area contributed by atoms with E-state index in [-0.39, 0.29) is 17.3 Å². The molecule has 0 fully saturated rings. The molecule has 0 unspecified atom stereocenters. The predicted octanol–water partition coefficient (Wildman–Crippen LogP) is 5.31. The first-order chi connectivity index (χ1) is 16.1. The normalized spacial score (nSPS) is 14.3. The number of aliphatic imine (C=N–C) groups is 1. The molecule has 0 saturated heterocycles. The van der Waals surface area contributed by atoms with Gasteiger partial charge in [-0.2, -0.15) is 0 Å². The third-order valence-corrected chi connectivity index (χ3v) is 4.64. The number of esters is 2. The highest BCUT2D eigenvalue weighted by Gasteiger charge is 2.21. The van der Waals surface area contributed by atoms with Crippen molar-refractivity contribution in [2.75, 3.05) is 6.61 Å². The highest BCUT2D eigenvalue weighted by molar-refractivity contribution is 6.11. The van der Waals surface area contributed by atoms with E-state index in [4.69, 9.17) is 14.2 Å². The number of rotatable bonds is 7. The molecule has 1 aliphatic heterocycles. The van der Waals surface area contributed by atoms with Crippen LogP contribution < -0.4 is 9.47 Å². The van der Waals surface area contributed by atoms with Crippen LogP contribution in [-0.4, -0.2) is 24.4 Å². The topological polar surface area (TPSA) is 74.2 Å². The second kappa shape index (κ2) is 10.2. The molecule has 0 aromatic heterocycles. The van der Waals surface area contributed by atoms with Crippen molar-refractivity contribution in [2.24, 2.45) is 4.99 Å². The van der Waals surface area contributed by atoms with E-state index in [9.17, 15) is 9.59 Å². The fraction of sp³-hybridized carbons (Fsp3) is 0.0741. The van der Waals surface area contributed by atoms with Crippen LogP contribution in [-0.2, 0) is 9.53 Å². The first kappa shape index (κ1) is 21.8. The van der Waals surface area contributed by atoms with Crippen LogP contribution in [0.25, 0.3) is 12.2 Å². The molecule has 0 N–H and O–H groups in total. The number of benzene rings is 3. The Labute approximate surface area is 191 Å². The zero-order chi connectivity index (χ0) is 23.0.